The van der Waals surface area contributed by atoms with Crippen molar-refractivity contribution in [3.8, 4) is 0 Å². The molecule has 0 heterocycles. The summed E-state index contributed by atoms with van der Waals surface area (Å²) in [7, 11) is -4.23. The molecule has 6 heteroatoms. The summed E-state index contributed by atoms with van der Waals surface area (Å²) in [6.45, 7) is 6.62. The summed E-state index contributed by atoms with van der Waals surface area (Å²) in [5, 5.41) is 2.61. The maximum Gasteiger partial charge on any atom is 0.267 e. The molecule has 0 bridgehead atoms. The third-order valence-corrected chi connectivity index (χ3v) is 3.98. The first-order valence-electron chi connectivity index (χ1n) is 6.76. The molecule has 5 nitrogen and oxygen atoms in total. The molecule has 0 fully saturated rings. The molecule has 0 aliphatic heterocycles. The van der Waals surface area contributed by atoms with E-state index in [9.17, 15) is 13.2 Å². The Bertz CT molecular complexity index is 665. The van der Waals surface area contributed by atoms with Crippen LogP contribution in [0.15, 0.2) is 48.6 Å². The molecule has 0 aliphatic rings. The number of carbonyl (C=O) groups excluding carboxylic acids is 1. The quantitative estimate of drug-likeness (QED) is 0.596. The predicted octanol–water partition coefficient (Wildman–Crippen LogP) is 2.43. The smallest absolute Gasteiger partial charge is 0.267 e. The van der Waals surface area contributed by atoms with Crippen molar-refractivity contribution in [2.45, 2.75) is 25.8 Å². The van der Waals surface area contributed by atoms with Crippen LogP contribution in [0.4, 0.5) is 0 Å². The molecule has 1 rings (SSSR count). The monoisotopic (exact) mass is 323 g/mol. The van der Waals surface area contributed by atoms with Crippen molar-refractivity contribution in [2.75, 3.05) is 5.75 Å². The third-order valence-electron chi connectivity index (χ3n) is 2.98. The zero-order valence-corrected chi connectivity index (χ0v) is 13.6. The second kappa shape index (κ2) is 7.38. The first-order valence-corrected chi connectivity index (χ1v) is 8.37. The van der Waals surface area contributed by atoms with Crippen LogP contribution in [0.1, 0.15) is 25.8 Å². The molecule has 22 heavy (non-hydrogen) atoms. The van der Waals surface area contributed by atoms with E-state index in [1.807, 2.05) is 36.4 Å². The molecule has 2 N–H and O–H groups in total. The van der Waals surface area contributed by atoms with Crippen LogP contribution in [0, 0.1) is 0 Å². The molecular formula is C16H21NO4S. The first kappa shape index (κ1) is 18.1. The first-order chi connectivity index (χ1) is 10.1. The summed E-state index contributed by atoms with van der Waals surface area (Å²) in [6.07, 6.45) is 3.84. The molecule has 0 saturated carbocycles. The van der Waals surface area contributed by atoms with E-state index in [1.165, 1.54) is 6.92 Å². The van der Waals surface area contributed by atoms with Crippen molar-refractivity contribution in [3.05, 3.63) is 54.1 Å². The highest BCUT2D eigenvalue weighted by Gasteiger charge is 2.30. The number of nitrogens with one attached hydrogen (secondary N) is 1. The molecule has 1 unspecified atom stereocenters. The Hall–Kier alpha value is -1.92. The Morgan fingerprint density at radius 3 is 2.45 bits per heavy atom. The molecule has 1 aromatic carbocycles. The van der Waals surface area contributed by atoms with Gasteiger partial charge in [-0.05, 0) is 25.8 Å². The Morgan fingerprint density at radius 2 is 1.95 bits per heavy atom. The van der Waals surface area contributed by atoms with Gasteiger partial charge in [0.15, 0.2) is 0 Å². The summed E-state index contributed by atoms with van der Waals surface area (Å²) in [5.41, 5.74) is 0.117. The zero-order valence-electron chi connectivity index (χ0n) is 12.7. The summed E-state index contributed by atoms with van der Waals surface area (Å²) in [5.74, 6) is -1.02. The summed E-state index contributed by atoms with van der Waals surface area (Å²) >= 11 is 0. The van der Waals surface area contributed by atoms with Gasteiger partial charge in [0.05, 0.1) is 11.3 Å². The van der Waals surface area contributed by atoms with E-state index in [1.54, 1.807) is 13.0 Å². The van der Waals surface area contributed by atoms with Crippen molar-refractivity contribution in [1.82, 2.24) is 5.32 Å². The minimum Gasteiger partial charge on any atom is -0.346 e. The van der Waals surface area contributed by atoms with Crippen LogP contribution in [0.5, 0.6) is 0 Å². The van der Waals surface area contributed by atoms with Crippen LogP contribution >= 0.6 is 0 Å². The fourth-order valence-corrected chi connectivity index (χ4v) is 2.94. The second-order valence-electron chi connectivity index (χ2n) is 5.54. The fraction of sp³-hybridized carbons (Fsp3) is 0.312. The van der Waals surface area contributed by atoms with Crippen molar-refractivity contribution < 1.29 is 17.8 Å². The van der Waals surface area contributed by atoms with Crippen molar-refractivity contribution in [2.24, 2.45) is 0 Å². The maximum atomic E-state index is 11.8. The standard InChI is InChI=1S/C16H21NO4S/c1-13(2)15(18)17-16(3,12-22(19,20)21)11-7-10-14-8-5-4-6-9-14/h4-10H,1,11-12H2,2-3H3,(H,17,18)(H,19,20,21). The average Bonchev–Trinajstić information content (AvgIpc) is 2.37. The van der Waals surface area contributed by atoms with Gasteiger partial charge in [-0.1, -0.05) is 49.1 Å². The number of benzene rings is 1. The van der Waals surface area contributed by atoms with Gasteiger partial charge in [0, 0.05) is 5.57 Å². The van der Waals surface area contributed by atoms with Crippen LogP contribution in [-0.2, 0) is 14.9 Å². The summed E-state index contributed by atoms with van der Waals surface area (Å²) < 4.78 is 31.5. The lowest BCUT2D eigenvalue weighted by molar-refractivity contribution is -0.118. The molecule has 1 amide bonds. The maximum absolute atomic E-state index is 11.8. The molecule has 0 spiro atoms. The minimum absolute atomic E-state index is 0.251. The van der Waals surface area contributed by atoms with Crippen molar-refractivity contribution in [1.29, 1.82) is 0 Å². The molecule has 0 aliphatic carbocycles. The molecule has 0 radical (unpaired) electrons. The van der Waals surface area contributed by atoms with Gasteiger partial charge < -0.3 is 5.32 Å². The molecule has 0 saturated heterocycles. The van der Waals surface area contributed by atoms with Gasteiger partial charge in [-0.2, -0.15) is 8.42 Å². The van der Waals surface area contributed by atoms with E-state index >= 15 is 0 Å². The normalized spacial score (nSPS) is 14.5. The SMILES string of the molecule is C=C(C)C(=O)NC(C)(CC=Cc1ccccc1)CS(=O)(=O)O. The number of amides is 1. The van der Waals surface area contributed by atoms with E-state index in [-0.39, 0.29) is 12.0 Å². The minimum atomic E-state index is -4.23. The molecule has 1 aromatic rings. The van der Waals surface area contributed by atoms with Crippen LogP contribution in [0.3, 0.4) is 0 Å². The largest absolute Gasteiger partial charge is 0.346 e. The Labute approximate surface area is 131 Å². The highest BCUT2D eigenvalue weighted by molar-refractivity contribution is 7.85. The van der Waals surface area contributed by atoms with Gasteiger partial charge >= 0.3 is 0 Å². The second-order valence-corrected chi connectivity index (χ2v) is 6.99. The van der Waals surface area contributed by atoms with Crippen LogP contribution in [0.25, 0.3) is 6.08 Å². The van der Waals surface area contributed by atoms with E-state index in [2.05, 4.69) is 11.9 Å². The summed E-state index contributed by atoms with van der Waals surface area (Å²) in [6, 6.07) is 9.48. The van der Waals surface area contributed by atoms with Gasteiger partial charge in [0.1, 0.15) is 0 Å². The van der Waals surface area contributed by atoms with E-state index in [0.29, 0.717) is 0 Å². The predicted molar refractivity (Wildman–Crippen MR) is 87.9 cm³/mol. The number of hydrogen-bond acceptors (Lipinski definition) is 3. The van der Waals surface area contributed by atoms with E-state index in [4.69, 9.17) is 4.55 Å². The Balaban J connectivity index is 2.88. The summed E-state index contributed by atoms with van der Waals surface area (Å²) in [4.78, 5) is 11.8. The molecule has 0 aromatic heterocycles. The lowest BCUT2D eigenvalue weighted by Gasteiger charge is -2.28. The van der Waals surface area contributed by atoms with Crippen LogP contribution < -0.4 is 5.32 Å². The van der Waals surface area contributed by atoms with Crippen molar-refractivity contribution in [3.63, 3.8) is 0 Å². The van der Waals surface area contributed by atoms with E-state index in [0.717, 1.165) is 5.56 Å². The highest BCUT2D eigenvalue weighted by Crippen LogP contribution is 2.16. The lowest BCUT2D eigenvalue weighted by Crippen LogP contribution is -2.50. The molecular weight excluding hydrogens is 302 g/mol. The van der Waals surface area contributed by atoms with Crippen LogP contribution in [-0.4, -0.2) is 30.2 Å². The van der Waals surface area contributed by atoms with Gasteiger partial charge in [-0.15, -0.1) is 0 Å². The Morgan fingerprint density at radius 1 is 1.36 bits per heavy atom. The van der Waals surface area contributed by atoms with Gasteiger partial charge in [-0.25, -0.2) is 0 Å². The third kappa shape index (κ3) is 6.69. The highest BCUT2D eigenvalue weighted by atomic mass is 32.2. The lowest BCUT2D eigenvalue weighted by atomic mass is 9.99. The fourth-order valence-electron chi connectivity index (χ4n) is 1.95. The molecule has 1 atom stereocenters. The number of carbonyl (C=O) groups is 1. The van der Waals surface area contributed by atoms with Gasteiger partial charge in [-0.3, -0.25) is 9.35 Å². The number of rotatable bonds is 7. The van der Waals surface area contributed by atoms with Gasteiger partial charge in [0.2, 0.25) is 5.91 Å². The molecule has 120 valence electrons. The average molecular weight is 323 g/mol. The van der Waals surface area contributed by atoms with Crippen LogP contribution in [0.2, 0.25) is 0 Å². The zero-order chi connectivity index (χ0) is 16.8. The van der Waals surface area contributed by atoms with Crippen molar-refractivity contribution >= 4 is 22.1 Å². The number of hydrogen-bond donors (Lipinski definition) is 2. The van der Waals surface area contributed by atoms with Gasteiger partial charge in [0.25, 0.3) is 10.1 Å². The Kier molecular flexibility index (Phi) is 6.08. The van der Waals surface area contributed by atoms with E-state index < -0.39 is 27.3 Å². The topological polar surface area (TPSA) is 83.5 Å².